The molecule has 96 valence electrons. The smallest absolute Gasteiger partial charge is 0.254 e. The minimum atomic E-state index is -0.441. The highest BCUT2D eigenvalue weighted by Gasteiger charge is 2.24. The van der Waals surface area contributed by atoms with Crippen molar-refractivity contribution in [1.29, 1.82) is 0 Å². The summed E-state index contributed by atoms with van der Waals surface area (Å²) in [4.78, 5) is 27.6. The molecule has 0 aliphatic carbocycles. The number of piperidine rings is 1. The van der Waals surface area contributed by atoms with Crippen LogP contribution in [0.3, 0.4) is 0 Å². The Hall–Kier alpha value is -2.11. The van der Waals surface area contributed by atoms with E-state index in [-0.39, 0.29) is 11.8 Å². The minimum absolute atomic E-state index is 0.116. The van der Waals surface area contributed by atoms with Crippen LogP contribution in [0, 0.1) is 0 Å². The molecule has 1 aromatic heterocycles. The van der Waals surface area contributed by atoms with Crippen molar-refractivity contribution < 1.29 is 9.59 Å². The van der Waals surface area contributed by atoms with Gasteiger partial charge < -0.3 is 16.0 Å². The molecule has 6 heteroatoms. The molecule has 1 aliphatic rings. The third kappa shape index (κ3) is 2.58. The number of pyridine rings is 1. The second kappa shape index (κ2) is 5.48. The Kier molecular flexibility index (Phi) is 3.76. The zero-order valence-electron chi connectivity index (χ0n) is 10.2. The van der Waals surface area contributed by atoms with E-state index in [1.807, 2.05) is 0 Å². The SMILES string of the molecule is CNc1cnccc1C(=O)NC1CCCNC1=O. The molecule has 1 aromatic rings. The first-order chi connectivity index (χ1) is 8.72. The van der Waals surface area contributed by atoms with Gasteiger partial charge in [0.05, 0.1) is 17.4 Å². The number of amides is 2. The van der Waals surface area contributed by atoms with Gasteiger partial charge in [0.1, 0.15) is 6.04 Å². The molecule has 1 aliphatic heterocycles. The lowest BCUT2D eigenvalue weighted by atomic mass is 10.1. The largest absolute Gasteiger partial charge is 0.386 e. The molecular weight excluding hydrogens is 232 g/mol. The Labute approximate surface area is 105 Å². The van der Waals surface area contributed by atoms with E-state index < -0.39 is 6.04 Å². The lowest BCUT2D eigenvalue weighted by molar-refractivity contribution is -0.124. The van der Waals surface area contributed by atoms with E-state index in [2.05, 4.69) is 20.9 Å². The molecule has 1 fully saturated rings. The van der Waals surface area contributed by atoms with Gasteiger partial charge in [0.25, 0.3) is 5.91 Å². The fourth-order valence-corrected chi connectivity index (χ4v) is 1.94. The first-order valence-corrected chi connectivity index (χ1v) is 5.92. The van der Waals surface area contributed by atoms with Crippen molar-refractivity contribution in [3.8, 4) is 0 Å². The molecule has 0 radical (unpaired) electrons. The number of nitrogens with one attached hydrogen (secondary N) is 3. The zero-order chi connectivity index (χ0) is 13.0. The molecule has 2 amide bonds. The molecule has 1 atom stereocenters. The molecule has 6 nitrogen and oxygen atoms in total. The number of carbonyl (C=O) groups excluding carboxylic acids is 2. The Balaban J connectivity index is 2.09. The van der Waals surface area contributed by atoms with Crippen LogP contribution in [0.15, 0.2) is 18.5 Å². The summed E-state index contributed by atoms with van der Waals surface area (Å²) in [6, 6.07) is 1.19. The number of nitrogens with zero attached hydrogens (tertiary/aromatic N) is 1. The van der Waals surface area contributed by atoms with E-state index in [1.54, 1.807) is 25.5 Å². The molecule has 1 unspecified atom stereocenters. The fourth-order valence-electron chi connectivity index (χ4n) is 1.94. The maximum absolute atomic E-state index is 12.1. The van der Waals surface area contributed by atoms with Crippen LogP contribution >= 0.6 is 0 Å². The van der Waals surface area contributed by atoms with Crippen LogP contribution in [0.1, 0.15) is 23.2 Å². The lowest BCUT2D eigenvalue weighted by Crippen LogP contribution is -2.50. The summed E-state index contributed by atoms with van der Waals surface area (Å²) in [5.74, 6) is -0.376. The Morgan fingerprint density at radius 1 is 1.56 bits per heavy atom. The summed E-state index contributed by atoms with van der Waals surface area (Å²) in [6.45, 7) is 0.683. The number of carbonyl (C=O) groups is 2. The molecule has 2 heterocycles. The number of hydrogen-bond acceptors (Lipinski definition) is 4. The van der Waals surface area contributed by atoms with Gasteiger partial charge in [-0.25, -0.2) is 0 Å². The molecule has 2 rings (SSSR count). The average Bonchev–Trinajstić information content (AvgIpc) is 2.41. The number of aromatic nitrogens is 1. The molecule has 0 aromatic carbocycles. The van der Waals surface area contributed by atoms with Crippen LogP contribution < -0.4 is 16.0 Å². The predicted octanol–water partition coefficient (Wildman–Crippen LogP) is 0.132. The Morgan fingerprint density at radius 2 is 2.39 bits per heavy atom. The molecule has 18 heavy (non-hydrogen) atoms. The second-order valence-electron chi connectivity index (χ2n) is 4.13. The summed E-state index contributed by atoms with van der Waals surface area (Å²) in [5.41, 5.74) is 1.14. The van der Waals surface area contributed by atoms with E-state index in [1.165, 1.54) is 0 Å². The molecule has 0 bridgehead atoms. The maximum Gasteiger partial charge on any atom is 0.254 e. The van der Waals surface area contributed by atoms with Crippen molar-refractivity contribution in [2.24, 2.45) is 0 Å². The van der Waals surface area contributed by atoms with Crippen molar-refractivity contribution in [3.05, 3.63) is 24.0 Å². The quantitative estimate of drug-likeness (QED) is 0.710. The van der Waals surface area contributed by atoms with Crippen molar-refractivity contribution in [3.63, 3.8) is 0 Å². The van der Waals surface area contributed by atoms with Crippen LogP contribution in [0.5, 0.6) is 0 Å². The highest BCUT2D eigenvalue weighted by molar-refractivity contribution is 6.01. The molecule has 1 saturated heterocycles. The highest BCUT2D eigenvalue weighted by atomic mass is 16.2. The topological polar surface area (TPSA) is 83.1 Å². The van der Waals surface area contributed by atoms with Crippen LogP contribution in [0.25, 0.3) is 0 Å². The molecule has 0 saturated carbocycles. The van der Waals surface area contributed by atoms with Gasteiger partial charge in [-0.3, -0.25) is 14.6 Å². The Morgan fingerprint density at radius 3 is 3.11 bits per heavy atom. The fraction of sp³-hybridized carbons (Fsp3) is 0.417. The van der Waals surface area contributed by atoms with Gasteiger partial charge in [0, 0.05) is 19.8 Å². The highest BCUT2D eigenvalue weighted by Crippen LogP contribution is 2.13. The van der Waals surface area contributed by atoms with Crippen molar-refractivity contribution in [1.82, 2.24) is 15.6 Å². The Bertz CT molecular complexity index is 461. The minimum Gasteiger partial charge on any atom is -0.386 e. The molecular formula is C12H16N4O2. The van der Waals surface area contributed by atoms with Crippen molar-refractivity contribution >= 4 is 17.5 Å². The first-order valence-electron chi connectivity index (χ1n) is 5.92. The first kappa shape index (κ1) is 12.3. The van der Waals surface area contributed by atoms with E-state index in [9.17, 15) is 9.59 Å². The average molecular weight is 248 g/mol. The number of anilines is 1. The van der Waals surface area contributed by atoms with Gasteiger partial charge in [-0.15, -0.1) is 0 Å². The predicted molar refractivity (Wildman–Crippen MR) is 67.3 cm³/mol. The maximum atomic E-state index is 12.1. The number of hydrogen-bond donors (Lipinski definition) is 3. The van der Waals surface area contributed by atoms with E-state index in [4.69, 9.17) is 0 Å². The van der Waals surface area contributed by atoms with Crippen LogP contribution in [0.2, 0.25) is 0 Å². The van der Waals surface area contributed by atoms with Crippen LogP contribution in [0.4, 0.5) is 5.69 Å². The summed E-state index contributed by atoms with van der Waals surface area (Å²) in [7, 11) is 1.72. The molecule has 0 spiro atoms. The summed E-state index contributed by atoms with van der Waals surface area (Å²) in [5, 5.41) is 8.38. The van der Waals surface area contributed by atoms with Crippen LogP contribution in [-0.4, -0.2) is 36.4 Å². The van der Waals surface area contributed by atoms with E-state index >= 15 is 0 Å². The van der Waals surface area contributed by atoms with Gasteiger partial charge in [0.15, 0.2) is 0 Å². The van der Waals surface area contributed by atoms with Gasteiger partial charge in [-0.2, -0.15) is 0 Å². The summed E-state index contributed by atoms with van der Waals surface area (Å²) in [6.07, 6.45) is 4.69. The number of rotatable bonds is 3. The monoisotopic (exact) mass is 248 g/mol. The third-order valence-corrected chi connectivity index (χ3v) is 2.93. The summed E-state index contributed by atoms with van der Waals surface area (Å²) < 4.78 is 0. The van der Waals surface area contributed by atoms with Gasteiger partial charge in [-0.05, 0) is 18.9 Å². The van der Waals surface area contributed by atoms with Gasteiger partial charge in [-0.1, -0.05) is 0 Å². The summed E-state index contributed by atoms with van der Waals surface area (Å²) >= 11 is 0. The lowest BCUT2D eigenvalue weighted by Gasteiger charge is -2.23. The second-order valence-corrected chi connectivity index (χ2v) is 4.13. The van der Waals surface area contributed by atoms with Gasteiger partial charge >= 0.3 is 0 Å². The van der Waals surface area contributed by atoms with Crippen molar-refractivity contribution in [2.75, 3.05) is 18.9 Å². The van der Waals surface area contributed by atoms with E-state index in [0.29, 0.717) is 24.2 Å². The standard InChI is InChI=1S/C12H16N4O2/c1-13-10-7-14-6-4-8(10)11(17)16-9-3-2-5-15-12(9)18/h4,6-7,9,13H,2-3,5H2,1H3,(H,15,18)(H,16,17). The zero-order valence-corrected chi connectivity index (χ0v) is 10.2. The third-order valence-electron chi connectivity index (χ3n) is 2.93. The normalized spacial score (nSPS) is 18.9. The van der Waals surface area contributed by atoms with Crippen LogP contribution in [-0.2, 0) is 4.79 Å². The van der Waals surface area contributed by atoms with Gasteiger partial charge in [0.2, 0.25) is 5.91 Å². The molecule has 3 N–H and O–H groups in total. The van der Waals surface area contributed by atoms with E-state index in [0.717, 1.165) is 6.42 Å². The van der Waals surface area contributed by atoms with Crippen molar-refractivity contribution in [2.45, 2.75) is 18.9 Å².